The van der Waals surface area contributed by atoms with Gasteiger partial charge in [0.1, 0.15) is 6.54 Å². The van der Waals surface area contributed by atoms with E-state index in [1.54, 1.807) is 6.20 Å². The number of nitrogens with two attached hydrogens (primary N) is 1. The van der Waals surface area contributed by atoms with Crippen molar-refractivity contribution >= 4 is 11.7 Å². The number of carbonyl (C=O) groups excluding carboxylic acids is 1. The Labute approximate surface area is 110 Å². The van der Waals surface area contributed by atoms with E-state index in [1.165, 1.54) is 4.68 Å². The Morgan fingerprint density at radius 1 is 1.58 bits per heavy atom. The van der Waals surface area contributed by atoms with Gasteiger partial charge in [-0.2, -0.15) is 5.10 Å². The zero-order valence-electron chi connectivity index (χ0n) is 10.9. The number of H-pyrrole nitrogens is 1. The Morgan fingerprint density at radius 2 is 2.37 bits per heavy atom. The molecule has 2 rings (SSSR count). The molecule has 0 radical (unpaired) electrons. The second kappa shape index (κ2) is 5.61. The van der Waals surface area contributed by atoms with Crippen LogP contribution in [0.5, 0.6) is 0 Å². The number of nitrogens with zero attached hydrogens (tertiary/aromatic N) is 4. The first-order chi connectivity index (χ1) is 9.08. The van der Waals surface area contributed by atoms with E-state index in [2.05, 4.69) is 25.8 Å². The molecule has 1 amide bonds. The highest BCUT2D eigenvalue weighted by Gasteiger charge is 2.09. The molecule has 0 saturated carbocycles. The van der Waals surface area contributed by atoms with Gasteiger partial charge >= 0.3 is 0 Å². The van der Waals surface area contributed by atoms with E-state index in [0.717, 1.165) is 5.69 Å². The number of anilines is 1. The predicted octanol–water partition coefficient (Wildman–Crippen LogP) is 0.222. The minimum Gasteiger partial charge on any atom is -0.325 e. The number of nitrogens with one attached hydrogen (secondary N) is 2. The van der Waals surface area contributed by atoms with Gasteiger partial charge in [-0.3, -0.25) is 9.89 Å². The third-order valence-electron chi connectivity index (χ3n) is 2.59. The van der Waals surface area contributed by atoms with E-state index >= 15 is 0 Å². The van der Waals surface area contributed by atoms with E-state index in [-0.39, 0.29) is 12.5 Å². The summed E-state index contributed by atoms with van der Waals surface area (Å²) in [5.74, 6) is 0.628. The summed E-state index contributed by atoms with van der Waals surface area (Å²) in [6.07, 6.45) is 1.64. The number of hydrogen-bond acceptors (Lipinski definition) is 5. The zero-order valence-corrected chi connectivity index (χ0v) is 10.9. The van der Waals surface area contributed by atoms with Crippen LogP contribution in [0.1, 0.15) is 31.2 Å². The summed E-state index contributed by atoms with van der Waals surface area (Å²) in [5.41, 5.74) is 7.04. The van der Waals surface area contributed by atoms with Crippen molar-refractivity contribution in [2.75, 3.05) is 5.32 Å². The van der Waals surface area contributed by atoms with Gasteiger partial charge in [0, 0.05) is 18.3 Å². The molecule has 0 aliphatic carbocycles. The van der Waals surface area contributed by atoms with Gasteiger partial charge in [-0.15, -0.1) is 5.10 Å². The van der Waals surface area contributed by atoms with Crippen molar-refractivity contribution in [2.24, 2.45) is 5.73 Å². The molecule has 0 aliphatic heterocycles. The Bertz CT molecular complexity index is 557. The first-order valence-corrected chi connectivity index (χ1v) is 6.02. The molecule has 0 bridgehead atoms. The standard InChI is InChI=1S/C11H17N7O/c1-7(2)9-3-10(16-15-9)13-11(19)6-18-5-8(4-12)14-17-18/h3,5,7H,4,6,12H2,1-2H3,(H2,13,15,16,19). The number of hydrogen-bond donors (Lipinski definition) is 3. The SMILES string of the molecule is CC(C)c1cc(NC(=O)Cn2cc(CN)nn2)n[nH]1. The topological polar surface area (TPSA) is 115 Å². The van der Waals surface area contributed by atoms with Crippen molar-refractivity contribution < 1.29 is 4.79 Å². The summed E-state index contributed by atoms with van der Waals surface area (Å²) >= 11 is 0. The highest BCUT2D eigenvalue weighted by Crippen LogP contribution is 2.14. The fourth-order valence-corrected chi connectivity index (χ4v) is 1.54. The van der Waals surface area contributed by atoms with Crippen molar-refractivity contribution in [3.8, 4) is 0 Å². The van der Waals surface area contributed by atoms with Crippen molar-refractivity contribution in [2.45, 2.75) is 32.9 Å². The van der Waals surface area contributed by atoms with Crippen LogP contribution in [-0.2, 0) is 17.9 Å². The molecule has 2 aromatic heterocycles. The fraction of sp³-hybridized carbons (Fsp3) is 0.455. The van der Waals surface area contributed by atoms with Gasteiger partial charge in [0.15, 0.2) is 5.82 Å². The van der Waals surface area contributed by atoms with Gasteiger partial charge in [0.25, 0.3) is 0 Å². The van der Waals surface area contributed by atoms with Crippen molar-refractivity contribution in [1.29, 1.82) is 0 Å². The third kappa shape index (κ3) is 3.38. The van der Waals surface area contributed by atoms with Crippen LogP contribution in [0.3, 0.4) is 0 Å². The maximum absolute atomic E-state index is 11.8. The second-order valence-electron chi connectivity index (χ2n) is 4.52. The summed E-state index contributed by atoms with van der Waals surface area (Å²) < 4.78 is 1.44. The van der Waals surface area contributed by atoms with Crippen LogP contribution < -0.4 is 11.1 Å². The second-order valence-corrected chi connectivity index (χ2v) is 4.52. The fourth-order valence-electron chi connectivity index (χ4n) is 1.54. The van der Waals surface area contributed by atoms with E-state index in [0.29, 0.717) is 24.0 Å². The lowest BCUT2D eigenvalue weighted by Crippen LogP contribution is -2.19. The maximum Gasteiger partial charge on any atom is 0.247 e. The summed E-state index contributed by atoms with van der Waals surface area (Å²) in [6.45, 7) is 4.47. The van der Waals surface area contributed by atoms with Gasteiger partial charge in [-0.1, -0.05) is 19.1 Å². The normalized spacial score (nSPS) is 10.9. The number of aromatic amines is 1. The molecular formula is C11H17N7O. The minimum atomic E-state index is -0.213. The predicted molar refractivity (Wildman–Crippen MR) is 69.2 cm³/mol. The molecule has 0 aromatic carbocycles. The summed E-state index contributed by atoms with van der Waals surface area (Å²) in [5, 5.41) is 17.2. The Morgan fingerprint density at radius 3 is 2.95 bits per heavy atom. The Balaban J connectivity index is 1.93. The minimum absolute atomic E-state index is 0.0802. The molecule has 8 nitrogen and oxygen atoms in total. The number of rotatable bonds is 5. The van der Waals surface area contributed by atoms with Crippen LogP contribution in [-0.4, -0.2) is 31.1 Å². The lowest BCUT2D eigenvalue weighted by molar-refractivity contribution is -0.116. The molecule has 19 heavy (non-hydrogen) atoms. The van der Waals surface area contributed by atoms with E-state index in [1.807, 2.05) is 19.9 Å². The van der Waals surface area contributed by atoms with Crippen LogP contribution in [0, 0.1) is 0 Å². The molecule has 0 aliphatic rings. The number of amides is 1. The van der Waals surface area contributed by atoms with Crippen LogP contribution in [0.15, 0.2) is 12.3 Å². The Hall–Kier alpha value is -2.22. The zero-order chi connectivity index (χ0) is 13.8. The average Bonchev–Trinajstić information content (AvgIpc) is 2.98. The molecule has 0 atom stereocenters. The van der Waals surface area contributed by atoms with Gasteiger partial charge in [-0.25, -0.2) is 4.68 Å². The monoisotopic (exact) mass is 263 g/mol. The van der Waals surface area contributed by atoms with Gasteiger partial charge in [0.05, 0.1) is 11.9 Å². The van der Waals surface area contributed by atoms with Crippen molar-refractivity contribution in [1.82, 2.24) is 25.2 Å². The smallest absolute Gasteiger partial charge is 0.247 e. The lowest BCUT2D eigenvalue weighted by atomic mass is 10.1. The molecule has 8 heteroatoms. The first-order valence-electron chi connectivity index (χ1n) is 6.02. The van der Waals surface area contributed by atoms with Crippen LogP contribution >= 0.6 is 0 Å². The van der Waals surface area contributed by atoms with Crippen molar-refractivity contribution in [3.05, 3.63) is 23.7 Å². The molecule has 0 unspecified atom stereocenters. The first kappa shape index (κ1) is 13.2. The molecule has 2 heterocycles. The van der Waals surface area contributed by atoms with Gasteiger partial charge < -0.3 is 11.1 Å². The van der Waals surface area contributed by atoms with Crippen LogP contribution in [0.25, 0.3) is 0 Å². The molecule has 4 N–H and O–H groups in total. The highest BCUT2D eigenvalue weighted by molar-refractivity contribution is 5.89. The highest BCUT2D eigenvalue weighted by atomic mass is 16.2. The van der Waals surface area contributed by atoms with Gasteiger partial charge in [0.2, 0.25) is 5.91 Å². The summed E-state index contributed by atoms with van der Waals surface area (Å²) in [7, 11) is 0. The molecule has 102 valence electrons. The molecular weight excluding hydrogens is 246 g/mol. The van der Waals surface area contributed by atoms with E-state index in [9.17, 15) is 4.79 Å². The van der Waals surface area contributed by atoms with E-state index < -0.39 is 0 Å². The maximum atomic E-state index is 11.8. The van der Waals surface area contributed by atoms with Crippen molar-refractivity contribution in [3.63, 3.8) is 0 Å². The molecule has 2 aromatic rings. The molecule has 0 saturated heterocycles. The van der Waals surface area contributed by atoms with Gasteiger partial charge in [-0.05, 0) is 5.92 Å². The van der Waals surface area contributed by atoms with Crippen LogP contribution in [0.4, 0.5) is 5.82 Å². The molecule has 0 fully saturated rings. The molecule has 0 spiro atoms. The average molecular weight is 263 g/mol. The van der Waals surface area contributed by atoms with Crippen LogP contribution in [0.2, 0.25) is 0 Å². The summed E-state index contributed by atoms with van der Waals surface area (Å²) in [4.78, 5) is 11.8. The lowest BCUT2D eigenvalue weighted by Gasteiger charge is -2.01. The number of carbonyl (C=O) groups is 1. The Kier molecular flexibility index (Phi) is 3.91. The number of aromatic nitrogens is 5. The third-order valence-corrected chi connectivity index (χ3v) is 2.59. The van der Waals surface area contributed by atoms with E-state index in [4.69, 9.17) is 5.73 Å². The summed E-state index contributed by atoms with van der Waals surface area (Å²) in [6, 6.07) is 1.81. The quantitative estimate of drug-likeness (QED) is 0.714. The largest absolute Gasteiger partial charge is 0.325 e.